The van der Waals surface area contributed by atoms with Crippen molar-refractivity contribution in [2.24, 2.45) is 0 Å². The van der Waals surface area contributed by atoms with Crippen LogP contribution in [-0.2, 0) is 9.59 Å². The van der Waals surface area contributed by atoms with Gasteiger partial charge in [-0.1, -0.05) is 6.42 Å². The molecule has 0 radical (unpaired) electrons. The first-order valence-electron chi connectivity index (χ1n) is 7.03. The van der Waals surface area contributed by atoms with Crippen LogP contribution >= 0.6 is 11.8 Å². The zero-order valence-corrected chi connectivity index (χ0v) is 12.4. The molecule has 0 bridgehead atoms. The molecule has 0 aromatic carbocycles. The topological polar surface area (TPSA) is 52.7 Å². The molecule has 0 aromatic rings. The molecule has 2 heterocycles. The van der Waals surface area contributed by atoms with Gasteiger partial charge < -0.3 is 15.1 Å². The van der Waals surface area contributed by atoms with E-state index in [0.29, 0.717) is 0 Å². The molecule has 0 aliphatic carbocycles. The number of rotatable bonds is 3. The Labute approximate surface area is 119 Å². The van der Waals surface area contributed by atoms with Crippen molar-refractivity contribution < 1.29 is 9.59 Å². The summed E-state index contributed by atoms with van der Waals surface area (Å²) in [5.41, 5.74) is 0. The highest BCUT2D eigenvalue weighted by Gasteiger charge is 2.27. The van der Waals surface area contributed by atoms with Crippen LogP contribution < -0.4 is 5.32 Å². The molecular formula is C13H23N3O2S. The lowest BCUT2D eigenvalue weighted by molar-refractivity contribution is -0.139. The second kappa shape index (κ2) is 7.14. The maximum absolute atomic E-state index is 12.2. The number of nitrogens with zero attached hydrogens (tertiary/aromatic N) is 2. The van der Waals surface area contributed by atoms with Gasteiger partial charge >= 0.3 is 0 Å². The molecule has 1 N–H and O–H groups in total. The van der Waals surface area contributed by atoms with Crippen molar-refractivity contribution in [3.05, 3.63) is 0 Å². The molecule has 0 aromatic heterocycles. The van der Waals surface area contributed by atoms with Gasteiger partial charge in [-0.15, -0.1) is 11.8 Å². The molecule has 5 nitrogen and oxygen atoms in total. The van der Waals surface area contributed by atoms with Crippen LogP contribution in [0.5, 0.6) is 0 Å². The number of piperazine rings is 1. The molecule has 1 atom stereocenters. The lowest BCUT2D eigenvalue weighted by atomic mass is 10.1. The van der Waals surface area contributed by atoms with Crippen molar-refractivity contribution >= 4 is 23.6 Å². The minimum Gasteiger partial charge on any atom is -0.339 e. The fourth-order valence-corrected chi connectivity index (χ4v) is 3.79. The number of likely N-dealkylation sites (N-methyl/N-ethyl adjacent to an activating group) is 1. The Balaban J connectivity index is 1.80. The van der Waals surface area contributed by atoms with E-state index in [1.807, 2.05) is 4.90 Å². The van der Waals surface area contributed by atoms with E-state index in [4.69, 9.17) is 0 Å². The van der Waals surface area contributed by atoms with E-state index in [1.165, 1.54) is 6.42 Å². The van der Waals surface area contributed by atoms with Crippen molar-refractivity contribution in [2.45, 2.75) is 24.5 Å². The zero-order chi connectivity index (χ0) is 13.7. The van der Waals surface area contributed by atoms with Crippen LogP contribution in [0.4, 0.5) is 0 Å². The summed E-state index contributed by atoms with van der Waals surface area (Å²) in [5.74, 6) is 1.25. The first-order chi connectivity index (χ1) is 9.18. The van der Waals surface area contributed by atoms with Crippen molar-refractivity contribution in [3.63, 3.8) is 0 Å². The van der Waals surface area contributed by atoms with Crippen LogP contribution in [0.25, 0.3) is 0 Å². The second-order valence-electron chi connectivity index (χ2n) is 5.18. The Morgan fingerprint density at radius 2 is 2.05 bits per heavy atom. The van der Waals surface area contributed by atoms with E-state index in [2.05, 4.69) is 5.32 Å². The Morgan fingerprint density at radius 3 is 2.68 bits per heavy atom. The highest BCUT2D eigenvalue weighted by atomic mass is 32.2. The molecule has 2 rings (SSSR count). The molecule has 6 heteroatoms. The largest absolute Gasteiger partial charge is 0.339 e. The minimum atomic E-state index is 0.0644. The number of carbonyl (C=O) groups excluding carboxylic acids is 2. The van der Waals surface area contributed by atoms with Gasteiger partial charge in [0.25, 0.3) is 0 Å². The summed E-state index contributed by atoms with van der Waals surface area (Å²) in [6.45, 7) is 3.41. The van der Waals surface area contributed by atoms with Gasteiger partial charge in [0.15, 0.2) is 0 Å². The van der Waals surface area contributed by atoms with Gasteiger partial charge in [0.1, 0.15) is 0 Å². The summed E-state index contributed by atoms with van der Waals surface area (Å²) in [4.78, 5) is 27.8. The fraction of sp³-hybridized carbons (Fsp3) is 0.846. The van der Waals surface area contributed by atoms with E-state index < -0.39 is 0 Å². The first kappa shape index (κ1) is 14.7. The average Bonchev–Trinajstić information content (AvgIpc) is 2.48. The monoisotopic (exact) mass is 285 g/mol. The highest BCUT2D eigenvalue weighted by Crippen LogP contribution is 2.26. The van der Waals surface area contributed by atoms with Gasteiger partial charge in [-0.2, -0.15) is 0 Å². The van der Waals surface area contributed by atoms with Crippen LogP contribution in [0.2, 0.25) is 0 Å². The van der Waals surface area contributed by atoms with E-state index >= 15 is 0 Å². The third kappa shape index (κ3) is 4.11. The van der Waals surface area contributed by atoms with Gasteiger partial charge in [-0.05, 0) is 18.6 Å². The SMILES string of the molecule is CN(CC(=O)N1CCNCC1)C(=O)C1CCCCS1. The highest BCUT2D eigenvalue weighted by molar-refractivity contribution is 8.00. The lowest BCUT2D eigenvalue weighted by Gasteiger charge is -2.30. The number of hydrogen-bond acceptors (Lipinski definition) is 4. The fourth-order valence-electron chi connectivity index (χ4n) is 2.48. The number of carbonyl (C=O) groups is 2. The molecule has 2 aliphatic rings. The van der Waals surface area contributed by atoms with E-state index in [1.54, 1.807) is 23.7 Å². The van der Waals surface area contributed by atoms with Gasteiger partial charge in [0.2, 0.25) is 11.8 Å². The molecule has 19 heavy (non-hydrogen) atoms. The van der Waals surface area contributed by atoms with E-state index in [-0.39, 0.29) is 23.6 Å². The maximum atomic E-state index is 12.2. The molecule has 108 valence electrons. The van der Waals surface area contributed by atoms with Crippen molar-refractivity contribution in [1.82, 2.24) is 15.1 Å². The van der Waals surface area contributed by atoms with Crippen LogP contribution in [0, 0.1) is 0 Å². The standard InChI is InChI=1S/C13H23N3O2S/c1-15(13(18)11-4-2-3-9-19-11)10-12(17)16-7-5-14-6-8-16/h11,14H,2-10H2,1H3. The summed E-state index contributed by atoms with van der Waals surface area (Å²) in [7, 11) is 1.75. The van der Waals surface area contributed by atoms with Crippen molar-refractivity contribution in [1.29, 1.82) is 0 Å². The first-order valence-corrected chi connectivity index (χ1v) is 8.08. The van der Waals surface area contributed by atoms with E-state index in [9.17, 15) is 9.59 Å². The Bertz CT molecular complexity index is 326. The van der Waals surface area contributed by atoms with Crippen molar-refractivity contribution in [3.8, 4) is 0 Å². The molecule has 0 spiro atoms. The predicted octanol–water partition coefficient (Wildman–Crippen LogP) is 0.162. The summed E-state index contributed by atoms with van der Waals surface area (Å²) >= 11 is 1.74. The summed E-state index contributed by atoms with van der Waals surface area (Å²) in [6.07, 6.45) is 3.29. The molecule has 2 aliphatic heterocycles. The Hall–Kier alpha value is -0.750. The molecule has 2 fully saturated rings. The Kier molecular flexibility index (Phi) is 5.51. The van der Waals surface area contributed by atoms with E-state index in [0.717, 1.165) is 44.8 Å². The quantitative estimate of drug-likeness (QED) is 0.803. The summed E-state index contributed by atoms with van der Waals surface area (Å²) in [5, 5.41) is 3.28. The molecular weight excluding hydrogens is 262 g/mol. The summed E-state index contributed by atoms with van der Waals surface area (Å²) < 4.78 is 0. The van der Waals surface area contributed by atoms with Gasteiger partial charge in [-0.25, -0.2) is 0 Å². The van der Waals surface area contributed by atoms with Crippen LogP contribution in [0.1, 0.15) is 19.3 Å². The normalized spacial score (nSPS) is 24.1. The number of thioether (sulfide) groups is 1. The molecule has 0 saturated carbocycles. The van der Waals surface area contributed by atoms with Gasteiger partial charge in [0, 0.05) is 33.2 Å². The minimum absolute atomic E-state index is 0.0644. The lowest BCUT2D eigenvalue weighted by Crippen LogP contribution is -2.50. The maximum Gasteiger partial charge on any atom is 0.242 e. The summed E-state index contributed by atoms with van der Waals surface area (Å²) in [6, 6.07) is 0. The van der Waals surface area contributed by atoms with Crippen LogP contribution in [-0.4, -0.2) is 72.4 Å². The smallest absolute Gasteiger partial charge is 0.242 e. The average molecular weight is 285 g/mol. The van der Waals surface area contributed by atoms with Crippen LogP contribution in [0.15, 0.2) is 0 Å². The molecule has 2 amide bonds. The zero-order valence-electron chi connectivity index (χ0n) is 11.6. The third-order valence-electron chi connectivity index (χ3n) is 3.67. The van der Waals surface area contributed by atoms with Gasteiger partial charge in [-0.3, -0.25) is 9.59 Å². The molecule has 1 unspecified atom stereocenters. The second-order valence-corrected chi connectivity index (χ2v) is 6.49. The van der Waals surface area contributed by atoms with Gasteiger partial charge in [0.05, 0.1) is 11.8 Å². The number of amides is 2. The number of nitrogens with one attached hydrogen (secondary N) is 1. The Morgan fingerprint density at radius 1 is 1.32 bits per heavy atom. The van der Waals surface area contributed by atoms with Crippen LogP contribution in [0.3, 0.4) is 0 Å². The third-order valence-corrected chi connectivity index (χ3v) is 5.04. The molecule has 2 saturated heterocycles. The van der Waals surface area contributed by atoms with Crippen molar-refractivity contribution in [2.75, 3.05) is 45.5 Å². The predicted molar refractivity (Wildman–Crippen MR) is 77.2 cm³/mol. The number of hydrogen-bond donors (Lipinski definition) is 1.